The number of nitrogens with one attached hydrogen (secondary N) is 1. The van der Waals surface area contributed by atoms with Gasteiger partial charge in [0.25, 0.3) is 10.2 Å². The minimum atomic E-state index is -3.34. The molecule has 0 aromatic carbocycles. The fraction of sp³-hybridized carbons (Fsp3) is 1.00. The smallest absolute Gasteiger partial charge is 0.195 e. The van der Waals surface area contributed by atoms with Gasteiger partial charge in [-0.3, -0.25) is 0 Å². The molecule has 1 atom stereocenters. The Hall–Kier alpha value is 0.160. The minimum absolute atomic E-state index is 0.109. The van der Waals surface area contributed by atoms with E-state index in [2.05, 4.69) is 4.72 Å². The topological polar surface area (TPSA) is 49.4 Å². The van der Waals surface area contributed by atoms with Gasteiger partial charge in [-0.25, -0.2) is 0 Å². The molecule has 1 saturated carbocycles. The fourth-order valence-electron chi connectivity index (χ4n) is 2.17. The zero-order valence-corrected chi connectivity index (χ0v) is 11.1. The summed E-state index contributed by atoms with van der Waals surface area (Å²) >= 11 is 5.79. The van der Waals surface area contributed by atoms with E-state index in [0.717, 1.165) is 32.1 Å². The van der Waals surface area contributed by atoms with E-state index in [1.54, 1.807) is 4.31 Å². The van der Waals surface area contributed by atoms with Gasteiger partial charge >= 0.3 is 0 Å². The zero-order valence-electron chi connectivity index (χ0n) is 9.58. The van der Waals surface area contributed by atoms with Crippen LogP contribution in [-0.2, 0) is 10.2 Å². The molecule has 0 bridgehead atoms. The Kier molecular flexibility index (Phi) is 3.50. The van der Waals surface area contributed by atoms with Crippen molar-refractivity contribution in [2.75, 3.05) is 12.4 Å². The van der Waals surface area contributed by atoms with Gasteiger partial charge in [0.15, 0.2) is 0 Å². The van der Waals surface area contributed by atoms with Crippen LogP contribution in [0.3, 0.4) is 0 Å². The summed E-state index contributed by atoms with van der Waals surface area (Å²) in [5.74, 6) is 0.369. The number of piperidine rings is 1. The second-order valence-corrected chi connectivity index (χ2v) is 6.87. The van der Waals surface area contributed by atoms with Crippen LogP contribution in [0, 0.1) is 0 Å². The lowest BCUT2D eigenvalue weighted by molar-refractivity contribution is 0.263. The van der Waals surface area contributed by atoms with Crippen molar-refractivity contribution in [2.24, 2.45) is 0 Å². The zero-order chi connectivity index (χ0) is 11.8. The van der Waals surface area contributed by atoms with Gasteiger partial charge in [0.05, 0.1) is 0 Å². The molecule has 6 heteroatoms. The molecule has 1 aliphatic carbocycles. The summed E-state index contributed by atoms with van der Waals surface area (Å²) in [6, 6.07) is 0.109. The first-order valence-corrected chi connectivity index (χ1v) is 7.83. The predicted octanol–water partition coefficient (Wildman–Crippen LogP) is 1.47. The number of nitrogens with zero attached hydrogens (tertiary/aromatic N) is 1. The summed E-state index contributed by atoms with van der Waals surface area (Å²) < 4.78 is 28.7. The SMILES string of the molecule is CC1CCCCN1S(=O)(=O)NC1(CCl)CC1. The first kappa shape index (κ1) is 12.6. The van der Waals surface area contributed by atoms with Crippen LogP contribution >= 0.6 is 11.6 Å². The monoisotopic (exact) mass is 266 g/mol. The molecule has 1 N–H and O–H groups in total. The Morgan fingerprint density at radius 1 is 1.44 bits per heavy atom. The maximum atomic E-state index is 12.2. The van der Waals surface area contributed by atoms with Crippen LogP contribution < -0.4 is 4.72 Å². The van der Waals surface area contributed by atoms with Crippen molar-refractivity contribution in [3.8, 4) is 0 Å². The third-order valence-corrected chi connectivity index (χ3v) is 5.87. The van der Waals surface area contributed by atoms with Crippen molar-refractivity contribution in [1.82, 2.24) is 9.03 Å². The van der Waals surface area contributed by atoms with Gasteiger partial charge in [-0.05, 0) is 32.6 Å². The fourth-order valence-corrected chi connectivity index (χ4v) is 4.48. The van der Waals surface area contributed by atoms with Crippen molar-refractivity contribution in [2.45, 2.75) is 50.6 Å². The Morgan fingerprint density at radius 2 is 2.12 bits per heavy atom. The molecular weight excluding hydrogens is 248 g/mol. The molecule has 0 spiro atoms. The molecule has 0 amide bonds. The minimum Gasteiger partial charge on any atom is -0.195 e. The highest BCUT2D eigenvalue weighted by Crippen LogP contribution is 2.37. The number of hydrogen-bond acceptors (Lipinski definition) is 2. The van der Waals surface area contributed by atoms with Crippen LogP contribution in [0.2, 0.25) is 0 Å². The van der Waals surface area contributed by atoms with Gasteiger partial charge in [0.1, 0.15) is 0 Å². The van der Waals surface area contributed by atoms with Crippen LogP contribution in [-0.4, -0.2) is 36.7 Å². The molecule has 4 nitrogen and oxygen atoms in total. The van der Waals surface area contributed by atoms with Crippen LogP contribution in [0.25, 0.3) is 0 Å². The standard InChI is InChI=1S/C10H19ClN2O2S/c1-9-4-2-3-7-13(9)16(14,15)12-10(8-11)5-6-10/h9,12H,2-8H2,1H3. The van der Waals surface area contributed by atoms with E-state index >= 15 is 0 Å². The summed E-state index contributed by atoms with van der Waals surface area (Å²) in [6.07, 6.45) is 4.75. The second-order valence-electron chi connectivity index (χ2n) is 4.98. The maximum Gasteiger partial charge on any atom is 0.280 e. The number of halogens is 1. The summed E-state index contributed by atoms with van der Waals surface area (Å²) in [5.41, 5.74) is -0.350. The van der Waals surface area contributed by atoms with Crippen molar-refractivity contribution in [1.29, 1.82) is 0 Å². The quantitative estimate of drug-likeness (QED) is 0.784. The highest BCUT2D eigenvalue weighted by atomic mass is 35.5. The first-order valence-electron chi connectivity index (χ1n) is 5.86. The van der Waals surface area contributed by atoms with Gasteiger partial charge in [-0.2, -0.15) is 17.4 Å². The molecule has 94 valence electrons. The van der Waals surface area contributed by atoms with Crippen molar-refractivity contribution in [3.63, 3.8) is 0 Å². The van der Waals surface area contributed by atoms with Crippen molar-refractivity contribution >= 4 is 21.8 Å². The van der Waals surface area contributed by atoms with E-state index in [-0.39, 0.29) is 11.6 Å². The first-order chi connectivity index (χ1) is 7.49. The van der Waals surface area contributed by atoms with Crippen LogP contribution in [0.4, 0.5) is 0 Å². The van der Waals surface area contributed by atoms with Gasteiger partial charge in [0, 0.05) is 24.0 Å². The summed E-state index contributed by atoms with van der Waals surface area (Å²) in [5, 5.41) is 0. The molecule has 2 fully saturated rings. The van der Waals surface area contributed by atoms with Crippen molar-refractivity contribution < 1.29 is 8.42 Å². The van der Waals surface area contributed by atoms with Gasteiger partial charge < -0.3 is 0 Å². The third kappa shape index (κ3) is 2.53. The second kappa shape index (κ2) is 4.44. The van der Waals surface area contributed by atoms with E-state index in [1.165, 1.54) is 0 Å². The van der Waals surface area contributed by atoms with Gasteiger partial charge in [-0.1, -0.05) is 6.42 Å². The van der Waals surface area contributed by atoms with Gasteiger partial charge in [0.2, 0.25) is 0 Å². The molecule has 2 aliphatic rings. The molecule has 1 saturated heterocycles. The van der Waals surface area contributed by atoms with Crippen molar-refractivity contribution in [3.05, 3.63) is 0 Å². The predicted molar refractivity (Wildman–Crippen MR) is 64.8 cm³/mol. The Bertz CT molecular complexity index is 354. The van der Waals surface area contributed by atoms with E-state index in [1.807, 2.05) is 6.92 Å². The highest BCUT2D eigenvalue weighted by molar-refractivity contribution is 7.87. The van der Waals surface area contributed by atoms with E-state index in [0.29, 0.717) is 12.4 Å². The van der Waals surface area contributed by atoms with Crippen LogP contribution in [0.15, 0.2) is 0 Å². The van der Waals surface area contributed by atoms with Crippen LogP contribution in [0.1, 0.15) is 39.0 Å². The summed E-state index contributed by atoms with van der Waals surface area (Å²) in [4.78, 5) is 0. The molecule has 1 heterocycles. The largest absolute Gasteiger partial charge is 0.280 e. The average Bonchev–Trinajstić information content (AvgIpc) is 2.98. The summed E-state index contributed by atoms with van der Waals surface area (Å²) in [6.45, 7) is 2.60. The highest BCUT2D eigenvalue weighted by Gasteiger charge is 2.47. The molecule has 16 heavy (non-hydrogen) atoms. The average molecular weight is 267 g/mol. The van der Waals surface area contributed by atoms with Gasteiger partial charge in [-0.15, -0.1) is 11.6 Å². The number of alkyl halides is 1. The molecular formula is C10H19ClN2O2S. The van der Waals surface area contributed by atoms with E-state index < -0.39 is 10.2 Å². The Labute approximate surface area is 103 Å². The lowest BCUT2D eigenvalue weighted by Gasteiger charge is -2.33. The lowest BCUT2D eigenvalue weighted by atomic mass is 10.1. The molecule has 1 aliphatic heterocycles. The molecule has 1 unspecified atom stereocenters. The van der Waals surface area contributed by atoms with E-state index in [9.17, 15) is 8.42 Å². The summed E-state index contributed by atoms with van der Waals surface area (Å²) in [7, 11) is -3.34. The molecule has 0 radical (unpaired) electrons. The maximum absolute atomic E-state index is 12.2. The Balaban J connectivity index is 2.06. The molecule has 0 aromatic rings. The van der Waals surface area contributed by atoms with Crippen LogP contribution in [0.5, 0.6) is 0 Å². The molecule has 0 aromatic heterocycles. The Morgan fingerprint density at radius 3 is 2.62 bits per heavy atom. The number of rotatable bonds is 4. The van der Waals surface area contributed by atoms with E-state index in [4.69, 9.17) is 11.6 Å². The number of hydrogen-bond donors (Lipinski definition) is 1. The lowest BCUT2D eigenvalue weighted by Crippen LogP contribution is -2.52. The third-order valence-electron chi connectivity index (χ3n) is 3.51. The molecule has 2 rings (SSSR count). The normalized spacial score (nSPS) is 30.2.